The Bertz CT molecular complexity index is 1050. The zero-order chi connectivity index (χ0) is 17.1. The molecule has 0 aromatic carbocycles. The second-order valence-electron chi connectivity index (χ2n) is 6.15. The summed E-state index contributed by atoms with van der Waals surface area (Å²) in [7, 11) is -3.85. The molecule has 10 heteroatoms. The van der Waals surface area contributed by atoms with Crippen LogP contribution in [0.25, 0.3) is 17.2 Å². The summed E-state index contributed by atoms with van der Waals surface area (Å²) in [5, 5.41) is 7.55. The zero-order valence-electron chi connectivity index (χ0n) is 12.9. The van der Waals surface area contributed by atoms with Crippen LogP contribution >= 0.6 is 0 Å². The molecule has 0 saturated heterocycles. The van der Waals surface area contributed by atoms with Crippen molar-refractivity contribution in [3.63, 3.8) is 0 Å². The molecule has 0 atom stereocenters. The van der Waals surface area contributed by atoms with Gasteiger partial charge in [0.2, 0.25) is 21.7 Å². The standard InChI is InChI=1S/C14H14FN5O3S/c1-8-17-18-13(23-8)12-16-6-11-10(15)5-9(7-20(11)12)24(21,22)19-14(2)3-4-14/h5-7,19H,3-4H2,1-2H3. The molecule has 24 heavy (non-hydrogen) atoms. The van der Waals surface area contributed by atoms with Gasteiger partial charge in [-0.05, 0) is 25.8 Å². The number of rotatable bonds is 4. The summed E-state index contributed by atoms with van der Waals surface area (Å²) in [6.45, 7) is 3.42. The molecule has 4 rings (SSSR count). The lowest BCUT2D eigenvalue weighted by Gasteiger charge is -2.12. The molecule has 126 valence electrons. The van der Waals surface area contributed by atoms with Gasteiger partial charge in [0.25, 0.3) is 5.89 Å². The van der Waals surface area contributed by atoms with Crippen molar-refractivity contribution < 1.29 is 17.2 Å². The summed E-state index contributed by atoms with van der Waals surface area (Å²) in [4.78, 5) is 3.88. The van der Waals surface area contributed by atoms with Gasteiger partial charge in [-0.2, -0.15) is 0 Å². The Kier molecular flexibility index (Phi) is 3.06. The zero-order valence-corrected chi connectivity index (χ0v) is 13.8. The van der Waals surface area contributed by atoms with Crippen molar-refractivity contribution in [2.45, 2.75) is 37.1 Å². The molecule has 0 radical (unpaired) electrons. The fourth-order valence-electron chi connectivity index (χ4n) is 2.40. The monoisotopic (exact) mass is 351 g/mol. The summed E-state index contributed by atoms with van der Waals surface area (Å²) in [6, 6.07) is 0.980. The first kappa shape index (κ1) is 15.2. The molecule has 1 fully saturated rings. The first-order chi connectivity index (χ1) is 11.3. The number of imidazole rings is 1. The highest BCUT2D eigenvalue weighted by Gasteiger charge is 2.41. The number of nitrogens with one attached hydrogen (secondary N) is 1. The number of sulfonamides is 1. The van der Waals surface area contributed by atoms with Crippen LogP contribution in [0.4, 0.5) is 4.39 Å². The van der Waals surface area contributed by atoms with Crippen molar-refractivity contribution in [3.8, 4) is 11.7 Å². The Hall–Kier alpha value is -2.33. The molecule has 1 aliphatic rings. The van der Waals surface area contributed by atoms with Crippen LogP contribution in [0.15, 0.2) is 27.8 Å². The van der Waals surface area contributed by atoms with Gasteiger partial charge in [-0.25, -0.2) is 22.5 Å². The van der Waals surface area contributed by atoms with Gasteiger partial charge in [0.15, 0.2) is 0 Å². The second kappa shape index (κ2) is 4.84. The van der Waals surface area contributed by atoms with Gasteiger partial charge < -0.3 is 4.42 Å². The normalized spacial score (nSPS) is 16.6. The van der Waals surface area contributed by atoms with E-state index in [1.54, 1.807) is 6.92 Å². The van der Waals surface area contributed by atoms with Crippen molar-refractivity contribution >= 4 is 15.5 Å². The topological polar surface area (TPSA) is 102 Å². The number of hydrogen-bond donors (Lipinski definition) is 1. The lowest BCUT2D eigenvalue weighted by Crippen LogP contribution is -2.34. The molecule has 3 aromatic heterocycles. The van der Waals surface area contributed by atoms with Crippen molar-refractivity contribution in [1.82, 2.24) is 24.3 Å². The SMILES string of the molecule is Cc1nnc(-c2ncc3c(F)cc(S(=O)(=O)NC4(C)CC4)cn23)o1. The van der Waals surface area contributed by atoms with Crippen LogP contribution in [0.1, 0.15) is 25.7 Å². The Balaban J connectivity index is 1.86. The van der Waals surface area contributed by atoms with Crippen LogP contribution in [-0.2, 0) is 10.0 Å². The Labute approximate surface area is 136 Å². The number of fused-ring (bicyclic) bond motifs is 1. The van der Waals surface area contributed by atoms with Gasteiger partial charge in [0.05, 0.1) is 6.20 Å². The van der Waals surface area contributed by atoms with E-state index >= 15 is 0 Å². The van der Waals surface area contributed by atoms with Crippen LogP contribution in [-0.4, -0.2) is 33.5 Å². The first-order valence-corrected chi connectivity index (χ1v) is 8.77. The molecule has 3 aromatic rings. The summed E-state index contributed by atoms with van der Waals surface area (Å²) < 4.78 is 48.5. The Morgan fingerprint density at radius 3 is 2.75 bits per heavy atom. The lowest BCUT2D eigenvalue weighted by atomic mass is 10.4. The van der Waals surface area contributed by atoms with Crippen LogP contribution in [0, 0.1) is 12.7 Å². The predicted molar refractivity (Wildman–Crippen MR) is 81.1 cm³/mol. The molecule has 1 saturated carbocycles. The van der Waals surface area contributed by atoms with E-state index in [1.807, 2.05) is 6.92 Å². The molecule has 0 amide bonds. The van der Waals surface area contributed by atoms with Crippen molar-refractivity contribution in [3.05, 3.63) is 30.2 Å². The van der Waals surface area contributed by atoms with Gasteiger partial charge in [0.1, 0.15) is 16.2 Å². The molecular weight excluding hydrogens is 337 g/mol. The molecule has 0 spiro atoms. The van der Waals surface area contributed by atoms with Crippen molar-refractivity contribution in [1.29, 1.82) is 0 Å². The van der Waals surface area contributed by atoms with Crippen molar-refractivity contribution in [2.24, 2.45) is 0 Å². The predicted octanol–water partition coefficient (Wildman–Crippen LogP) is 1.66. The Morgan fingerprint density at radius 2 is 2.12 bits per heavy atom. The van der Waals surface area contributed by atoms with Crippen LogP contribution in [0.5, 0.6) is 0 Å². The third-order valence-corrected chi connectivity index (χ3v) is 5.58. The molecule has 0 unspecified atom stereocenters. The number of hydrogen-bond acceptors (Lipinski definition) is 6. The van der Waals surface area contributed by atoms with Gasteiger partial charge in [-0.1, -0.05) is 0 Å². The van der Waals surface area contributed by atoms with Gasteiger partial charge in [-0.15, -0.1) is 10.2 Å². The van der Waals surface area contributed by atoms with E-state index in [0.29, 0.717) is 5.89 Å². The molecule has 0 bridgehead atoms. The minimum atomic E-state index is -3.85. The van der Waals surface area contributed by atoms with E-state index in [9.17, 15) is 12.8 Å². The fourth-order valence-corrected chi connectivity index (χ4v) is 3.87. The van der Waals surface area contributed by atoms with E-state index < -0.39 is 21.4 Å². The Morgan fingerprint density at radius 1 is 1.38 bits per heavy atom. The maximum Gasteiger partial charge on any atom is 0.284 e. The molecule has 1 N–H and O–H groups in total. The van der Waals surface area contributed by atoms with Crippen LogP contribution in [0.2, 0.25) is 0 Å². The van der Waals surface area contributed by atoms with E-state index in [2.05, 4.69) is 19.9 Å². The highest BCUT2D eigenvalue weighted by Crippen LogP contribution is 2.36. The molecule has 0 aliphatic heterocycles. The maximum atomic E-state index is 14.3. The largest absolute Gasteiger partial charge is 0.419 e. The summed E-state index contributed by atoms with van der Waals surface area (Å²) >= 11 is 0. The average Bonchev–Trinajstić information content (AvgIpc) is 2.90. The van der Waals surface area contributed by atoms with Gasteiger partial charge in [0, 0.05) is 18.7 Å². The molecule has 1 aliphatic carbocycles. The summed E-state index contributed by atoms with van der Waals surface area (Å²) in [5.41, 5.74) is -0.330. The first-order valence-electron chi connectivity index (χ1n) is 7.29. The molecule has 8 nitrogen and oxygen atoms in total. The van der Waals surface area contributed by atoms with E-state index in [4.69, 9.17) is 4.42 Å². The third kappa shape index (κ3) is 2.47. The van der Waals surface area contributed by atoms with E-state index in [1.165, 1.54) is 16.8 Å². The second-order valence-corrected chi connectivity index (χ2v) is 7.84. The van der Waals surface area contributed by atoms with Gasteiger partial charge >= 0.3 is 0 Å². The highest BCUT2D eigenvalue weighted by molar-refractivity contribution is 7.89. The quantitative estimate of drug-likeness (QED) is 0.767. The third-order valence-electron chi connectivity index (χ3n) is 3.98. The number of aromatic nitrogens is 4. The van der Waals surface area contributed by atoms with Crippen molar-refractivity contribution in [2.75, 3.05) is 0 Å². The lowest BCUT2D eigenvalue weighted by molar-refractivity contribution is 0.528. The number of halogens is 1. The van der Waals surface area contributed by atoms with Gasteiger partial charge in [-0.3, -0.25) is 4.40 Å². The van der Waals surface area contributed by atoms with E-state index in [0.717, 1.165) is 18.9 Å². The number of pyridine rings is 1. The molecule has 3 heterocycles. The molecular formula is C14H14FN5O3S. The minimum Gasteiger partial charge on any atom is -0.419 e. The number of nitrogens with zero attached hydrogens (tertiary/aromatic N) is 4. The van der Waals surface area contributed by atoms with Crippen LogP contribution < -0.4 is 4.72 Å². The van der Waals surface area contributed by atoms with E-state index in [-0.39, 0.29) is 22.1 Å². The van der Waals surface area contributed by atoms with Crippen LogP contribution in [0.3, 0.4) is 0 Å². The fraction of sp³-hybridized carbons (Fsp3) is 0.357. The summed E-state index contributed by atoms with van der Waals surface area (Å²) in [6.07, 6.45) is 4.10. The highest BCUT2D eigenvalue weighted by atomic mass is 32.2. The maximum absolute atomic E-state index is 14.3. The average molecular weight is 351 g/mol. The number of aryl methyl sites for hydroxylation is 1. The smallest absolute Gasteiger partial charge is 0.284 e. The summed E-state index contributed by atoms with van der Waals surface area (Å²) in [5.74, 6) is -0.106. The minimum absolute atomic E-state index is 0.0866.